The van der Waals surface area contributed by atoms with Crippen molar-refractivity contribution in [3.63, 3.8) is 0 Å². The molecule has 0 amide bonds. The van der Waals surface area contributed by atoms with E-state index in [9.17, 15) is 9.59 Å². The molecule has 0 saturated carbocycles. The Morgan fingerprint density at radius 2 is 1.12 bits per heavy atom. The average Bonchev–Trinajstić information content (AvgIpc) is 3.24. The highest BCUT2D eigenvalue weighted by atomic mass is 16.5. The van der Waals surface area contributed by atoms with Crippen molar-refractivity contribution in [1.29, 1.82) is 0 Å². The minimum Gasteiger partial charge on any atom is -0.494 e. The van der Waals surface area contributed by atoms with Crippen molar-refractivity contribution in [2.45, 2.75) is 58.5 Å². The van der Waals surface area contributed by atoms with Gasteiger partial charge in [0.15, 0.2) is 0 Å². The summed E-state index contributed by atoms with van der Waals surface area (Å²) in [6, 6.07) is 29.7. The molecular weight excluding hydrogens is 727 g/mol. The van der Waals surface area contributed by atoms with Crippen LogP contribution in [0.4, 0.5) is 0 Å². The number of hydrogen-bond donors (Lipinski definition) is 0. The molecule has 0 spiro atoms. The van der Waals surface area contributed by atoms with Gasteiger partial charge in [0, 0.05) is 51.6 Å². The van der Waals surface area contributed by atoms with E-state index in [1.807, 2.05) is 66.7 Å². The van der Waals surface area contributed by atoms with Gasteiger partial charge in [-0.2, -0.15) is 0 Å². The standard InChI is InChI=1S/C50H49NO7/c1-6-48(52)56-30-10-8-28-54-43-23-17-37(18-24-43)12-14-39-21-27-47(45(33-39)50(3,4)5)58-36-41-16-22-42-32-40(35-51-46(42)34-41)15-13-38-19-25-44(26-20-38)55-29-9-11-31-57-49(53)7-2/h6-7,16-27,32-35H,1-2,8-11,28-31,36H2,3-5H3. The van der Waals surface area contributed by atoms with Crippen LogP contribution in [0.3, 0.4) is 0 Å². The molecule has 0 N–H and O–H groups in total. The number of esters is 2. The van der Waals surface area contributed by atoms with Gasteiger partial charge in [-0.1, -0.05) is 69.7 Å². The number of carbonyl (C=O) groups excluding carboxylic acids is 2. The van der Waals surface area contributed by atoms with Gasteiger partial charge in [-0.15, -0.1) is 0 Å². The smallest absolute Gasteiger partial charge is 0.330 e. The summed E-state index contributed by atoms with van der Waals surface area (Å²) in [5.41, 5.74) is 6.29. The van der Waals surface area contributed by atoms with Crippen molar-refractivity contribution >= 4 is 22.8 Å². The van der Waals surface area contributed by atoms with Crippen LogP contribution in [0.1, 0.15) is 79.8 Å². The van der Waals surface area contributed by atoms with Crippen LogP contribution in [0.2, 0.25) is 0 Å². The number of hydrogen-bond acceptors (Lipinski definition) is 8. The van der Waals surface area contributed by atoms with Crippen molar-refractivity contribution in [3.05, 3.63) is 156 Å². The lowest BCUT2D eigenvalue weighted by Crippen LogP contribution is -2.14. The molecule has 8 nitrogen and oxygen atoms in total. The summed E-state index contributed by atoms with van der Waals surface area (Å²) in [4.78, 5) is 26.9. The van der Waals surface area contributed by atoms with Gasteiger partial charge >= 0.3 is 11.9 Å². The first kappa shape index (κ1) is 42.4. The number of carbonyl (C=O) groups is 2. The number of rotatable bonds is 17. The molecule has 0 saturated heterocycles. The molecule has 0 fully saturated rings. The molecule has 58 heavy (non-hydrogen) atoms. The van der Waals surface area contributed by atoms with Crippen molar-refractivity contribution in [2.75, 3.05) is 26.4 Å². The van der Waals surface area contributed by atoms with Gasteiger partial charge in [-0.05, 0) is 116 Å². The van der Waals surface area contributed by atoms with Gasteiger partial charge in [-0.25, -0.2) is 9.59 Å². The second-order valence-electron chi connectivity index (χ2n) is 14.4. The van der Waals surface area contributed by atoms with Crippen molar-refractivity contribution in [2.24, 2.45) is 0 Å². The Kier molecular flexibility index (Phi) is 15.7. The molecule has 0 aliphatic rings. The van der Waals surface area contributed by atoms with E-state index in [0.717, 1.165) is 99.4 Å². The maximum Gasteiger partial charge on any atom is 0.330 e. The lowest BCUT2D eigenvalue weighted by Gasteiger charge is -2.23. The second-order valence-corrected chi connectivity index (χ2v) is 14.4. The predicted molar refractivity (Wildman–Crippen MR) is 228 cm³/mol. The van der Waals surface area contributed by atoms with E-state index in [1.165, 1.54) is 0 Å². The lowest BCUT2D eigenvalue weighted by atomic mass is 9.85. The van der Waals surface area contributed by atoms with E-state index < -0.39 is 11.9 Å². The van der Waals surface area contributed by atoms with Crippen molar-refractivity contribution < 1.29 is 33.3 Å². The zero-order valence-corrected chi connectivity index (χ0v) is 33.5. The number of unbranched alkanes of at least 4 members (excludes halogenated alkanes) is 2. The summed E-state index contributed by atoms with van der Waals surface area (Å²) in [5, 5.41) is 1.000. The molecule has 4 aromatic carbocycles. The highest BCUT2D eigenvalue weighted by molar-refractivity contribution is 5.81. The number of fused-ring (bicyclic) bond motifs is 1. The second kappa shape index (κ2) is 21.5. The predicted octanol–water partition coefficient (Wildman–Crippen LogP) is 9.69. The van der Waals surface area contributed by atoms with Crippen LogP contribution in [0.5, 0.6) is 17.2 Å². The third-order valence-corrected chi connectivity index (χ3v) is 8.78. The molecule has 1 aromatic heterocycles. The Morgan fingerprint density at radius 3 is 1.67 bits per heavy atom. The zero-order valence-electron chi connectivity index (χ0n) is 33.5. The quantitative estimate of drug-likeness (QED) is 0.0399. The summed E-state index contributed by atoms with van der Waals surface area (Å²) < 4.78 is 28.0. The number of nitrogens with zero attached hydrogens (tertiary/aromatic N) is 1. The molecule has 0 unspecified atom stereocenters. The van der Waals surface area contributed by atoms with E-state index in [-0.39, 0.29) is 5.41 Å². The van der Waals surface area contributed by atoms with Crippen LogP contribution >= 0.6 is 0 Å². The minimum absolute atomic E-state index is 0.164. The van der Waals surface area contributed by atoms with E-state index in [4.69, 9.17) is 28.7 Å². The molecule has 0 bridgehead atoms. The van der Waals surface area contributed by atoms with E-state index in [2.05, 4.69) is 81.9 Å². The van der Waals surface area contributed by atoms with Crippen LogP contribution in [0.15, 0.2) is 123 Å². The van der Waals surface area contributed by atoms with Gasteiger partial charge in [0.1, 0.15) is 23.9 Å². The normalized spacial score (nSPS) is 10.6. The number of benzene rings is 4. The Balaban J connectivity index is 1.12. The Labute approximate surface area is 341 Å². The highest BCUT2D eigenvalue weighted by Gasteiger charge is 2.20. The van der Waals surface area contributed by atoms with Crippen molar-refractivity contribution in [1.82, 2.24) is 4.98 Å². The zero-order chi connectivity index (χ0) is 41.2. The van der Waals surface area contributed by atoms with E-state index in [1.54, 1.807) is 6.20 Å². The summed E-state index contributed by atoms with van der Waals surface area (Å²) >= 11 is 0. The third kappa shape index (κ3) is 13.8. The molecule has 296 valence electrons. The number of ether oxygens (including phenoxy) is 5. The maximum atomic E-state index is 11.1. The minimum atomic E-state index is -0.408. The third-order valence-electron chi connectivity index (χ3n) is 8.78. The molecule has 0 radical (unpaired) electrons. The number of aromatic nitrogens is 1. The van der Waals surface area contributed by atoms with Gasteiger partial charge in [-0.3, -0.25) is 4.98 Å². The fourth-order valence-corrected chi connectivity index (χ4v) is 5.62. The first-order chi connectivity index (χ1) is 28.1. The monoisotopic (exact) mass is 775 g/mol. The van der Waals surface area contributed by atoms with Gasteiger partial charge in [0.2, 0.25) is 0 Å². The fourth-order valence-electron chi connectivity index (χ4n) is 5.62. The number of pyridine rings is 1. The van der Waals surface area contributed by atoms with E-state index in [0.29, 0.717) is 33.0 Å². The highest BCUT2D eigenvalue weighted by Crippen LogP contribution is 2.33. The molecule has 8 heteroatoms. The molecule has 5 rings (SSSR count). The van der Waals surface area contributed by atoms with Gasteiger partial charge in [0.25, 0.3) is 0 Å². The Hall–Kier alpha value is -6.77. The summed E-state index contributed by atoms with van der Waals surface area (Å²) in [6.07, 6.45) is 7.11. The van der Waals surface area contributed by atoms with Crippen LogP contribution in [-0.4, -0.2) is 43.4 Å². The summed E-state index contributed by atoms with van der Waals surface area (Å²) in [5.74, 6) is 14.5. The van der Waals surface area contributed by atoms with Crippen LogP contribution in [-0.2, 0) is 31.1 Å². The first-order valence-corrected chi connectivity index (χ1v) is 19.3. The first-order valence-electron chi connectivity index (χ1n) is 19.3. The average molecular weight is 776 g/mol. The molecule has 0 aliphatic carbocycles. The lowest BCUT2D eigenvalue weighted by molar-refractivity contribution is -0.138. The fraction of sp³-hybridized carbons (Fsp3) is 0.260. The maximum absolute atomic E-state index is 11.1. The van der Waals surface area contributed by atoms with Crippen molar-refractivity contribution in [3.8, 4) is 40.9 Å². The summed E-state index contributed by atoms with van der Waals surface area (Å²) in [7, 11) is 0. The molecular formula is C50H49NO7. The van der Waals surface area contributed by atoms with Crippen LogP contribution in [0, 0.1) is 23.7 Å². The molecule has 0 aliphatic heterocycles. The molecule has 5 aromatic rings. The van der Waals surface area contributed by atoms with Gasteiger partial charge < -0.3 is 23.7 Å². The molecule has 0 atom stereocenters. The van der Waals surface area contributed by atoms with E-state index >= 15 is 0 Å². The SMILES string of the molecule is C=CC(=O)OCCCCOc1ccc(C#Cc2ccc(OCc3ccc4cc(C#Cc5ccc(OCCCCOC(=O)C=C)cc5)cnc4c3)c(C(C)(C)C)c2)cc1. The van der Waals surface area contributed by atoms with Gasteiger partial charge in [0.05, 0.1) is 31.9 Å². The topological polar surface area (TPSA) is 93.2 Å². The molecule has 1 heterocycles. The Bertz CT molecular complexity index is 2320. The van der Waals surface area contributed by atoms with Crippen LogP contribution in [0.25, 0.3) is 10.9 Å². The largest absolute Gasteiger partial charge is 0.494 e. The van der Waals surface area contributed by atoms with Crippen LogP contribution < -0.4 is 14.2 Å². The summed E-state index contributed by atoms with van der Waals surface area (Å²) in [6.45, 7) is 15.5. The Morgan fingerprint density at radius 1 is 0.603 bits per heavy atom.